The first-order chi connectivity index (χ1) is 17.0. The predicted octanol–water partition coefficient (Wildman–Crippen LogP) is 3.66. The molecule has 1 unspecified atom stereocenters. The number of anilines is 2. The van der Waals surface area contributed by atoms with Crippen LogP contribution in [0.1, 0.15) is 59.0 Å². The number of benzene rings is 2. The number of aromatic nitrogens is 1. The zero-order chi connectivity index (χ0) is 26.6. The number of nitrogen functional groups attached to an aromatic ring is 1. The van der Waals surface area contributed by atoms with Crippen molar-refractivity contribution in [3.63, 3.8) is 0 Å². The lowest BCUT2D eigenvalue weighted by atomic mass is 9.98. The van der Waals surface area contributed by atoms with Gasteiger partial charge in [0.15, 0.2) is 5.69 Å². The third-order valence-corrected chi connectivity index (χ3v) is 6.61. The number of nitrogens with one attached hydrogen (secondary N) is 1. The zero-order valence-corrected chi connectivity index (χ0v) is 21.2. The first kappa shape index (κ1) is 26.6. The van der Waals surface area contributed by atoms with Crippen LogP contribution in [-0.4, -0.2) is 34.7 Å². The van der Waals surface area contributed by atoms with E-state index in [1.165, 1.54) is 36.3 Å². The van der Waals surface area contributed by atoms with E-state index < -0.39 is 35.1 Å². The Morgan fingerprint density at radius 1 is 1.14 bits per heavy atom. The summed E-state index contributed by atoms with van der Waals surface area (Å²) in [6.45, 7) is 5.63. The summed E-state index contributed by atoms with van der Waals surface area (Å²) in [6, 6.07) is 10.6. The van der Waals surface area contributed by atoms with E-state index in [0.717, 1.165) is 0 Å². The molecular formula is C25H28FN5O4S. The van der Waals surface area contributed by atoms with Crippen molar-refractivity contribution in [3.05, 3.63) is 70.5 Å². The quantitative estimate of drug-likeness (QED) is 0.399. The molecule has 11 heteroatoms. The van der Waals surface area contributed by atoms with Crippen LogP contribution >= 0.6 is 11.5 Å². The molecule has 1 aromatic heterocycles. The summed E-state index contributed by atoms with van der Waals surface area (Å²) in [5, 5.41) is 2.97. The largest absolute Gasteiger partial charge is 0.497 e. The molecule has 0 aliphatic rings. The van der Waals surface area contributed by atoms with Crippen LogP contribution in [-0.2, 0) is 4.79 Å². The Labute approximate surface area is 212 Å². The lowest BCUT2D eigenvalue weighted by molar-refractivity contribution is -0.124. The highest BCUT2D eigenvalue weighted by Crippen LogP contribution is 2.34. The fraction of sp³-hybridized carbons (Fsp3) is 0.280. The van der Waals surface area contributed by atoms with E-state index in [4.69, 9.17) is 16.2 Å². The molecule has 0 bridgehead atoms. The molecule has 5 N–H and O–H groups in total. The van der Waals surface area contributed by atoms with Crippen LogP contribution in [0.25, 0.3) is 0 Å². The minimum atomic E-state index is -1.21. The Balaban J connectivity index is 2.22. The number of hydrogen-bond acceptors (Lipinski definition) is 7. The molecule has 0 saturated heterocycles. The van der Waals surface area contributed by atoms with Gasteiger partial charge < -0.3 is 21.5 Å². The lowest BCUT2D eigenvalue weighted by Gasteiger charge is -2.34. The van der Waals surface area contributed by atoms with Crippen LogP contribution in [0.4, 0.5) is 15.8 Å². The van der Waals surface area contributed by atoms with Crippen LogP contribution in [0, 0.1) is 5.82 Å². The van der Waals surface area contributed by atoms with Crippen molar-refractivity contribution in [1.82, 2.24) is 9.69 Å². The molecular weight excluding hydrogens is 485 g/mol. The summed E-state index contributed by atoms with van der Waals surface area (Å²) >= 11 is 0.704. The highest BCUT2D eigenvalue weighted by atomic mass is 32.1. The van der Waals surface area contributed by atoms with E-state index >= 15 is 0 Å². The predicted molar refractivity (Wildman–Crippen MR) is 137 cm³/mol. The highest BCUT2D eigenvalue weighted by Gasteiger charge is 2.37. The van der Waals surface area contributed by atoms with Gasteiger partial charge in [0.1, 0.15) is 22.5 Å². The maximum absolute atomic E-state index is 14.0. The summed E-state index contributed by atoms with van der Waals surface area (Å²) < 4.78 is 22.9. The summed E-state index contributed by atoms with van der Waals surface area (Å²) in [7, 11) is 1.50. The number of primary amides is 1. The van der Waals surface area contributed by atoms with Crippen molar-refractivity contribution in [2.75, 3.05) is 17.7 Å². The molecule has 0 radical (unpaired) electrons. The van der Waals surface area contributed by atoms with Gasteiger partial charge in [0.2, 0.25) is 5.91 Å². The number of ether oxygens (including phenoxy) is 1. The fourth-order valence-corrected chi connectivity index (χ4v) is 4.16. The van der Waals surface area contributed by atoms with E-state index in [2.05, 4.69) is 9.69 Å². The minimum absolute atomic E-state index is 0.0609. The Hall–Kier alpha value is -3.99. The van der Waals surface area contributed by atoms with E-state index in [0.29, 0.717) is 35.0 Å². The number of halogens is 1. The van der Waals surface area contributed by atoms with Gasteiger partial charge in [0.05, 0.1) is 12.8 Å². The SMILES string of the molecule is CCC(C)(C)NC(=O)C(c1ccc(F)cc1)N(C(=O)c1snc(C(N)=O)c1N)c1ccc(OC)cc1. The number of methoxy groups -OCH3 is 1. The maximum atomic E-state index is 14.0. The topological polar surface area (TPSA) is 141 Å². The van der Waals surface area contributed by atoms with Gasteiger partial charge in [-0.05, 0) is 73.8 Å². The average molecular weight is 514 g/mol. The van der Waals surface area contributed by atoms with Gasteiger partial charge in [-0.1, -0.05) is 19.1 Å². The molecule has 0 fully saturated rings. The zero-order valence-electron chi connectivity index (χ0n) is 20.4. The first-order valence-electron chi connectivity index (χ1n) is 11.1. The number of nitrogens with zero attached hydrogens (tertiary/aromatic N) is 2. The van der Waals surface area contributed by atoms with Gasteiger partial charge in [-0.25, -0.2) is 4.39 Å². The second kappa shape index (κ2) is 10.7. The molecule has 2 aromatic carbocycles. The van der Waals surface area contributed by atoms with Crippen LogP contribution in [0.3, 0.4) is 0 Å². The molecule has 1 atom stereocenters. The summed E-state index contributed by atoms with van der Waals surface area (Å²) in [6.07, 6.45) is 0.620. The molecule has 3 rings (SSSR count). The first-order valence-corrected chi connectivity index (χ1v) is 11.9. The van der Waals surface area contributed by atoms with E-state index in [9.17, 15) is 18.8 Å². The van der Waals surface area contributed by atoms with Crippen LogP contribution < -0.4 is 26.4 Å². The Morgan fingerprint density at radius 3 is 2.25 bits per heavy atom. The second-order valence-corrected chi connectivity index (χ2v) is 9.47. The number of amides is 3. The molecule has 0 aliphatic carbocycles. The van der Waals surface area contributed by atoms with E-state index in [-0.39, 0.29) is 16.3 Å². The standard InChI is InChI=1S/C25H28FN5O4S/c1-5-25(2,3)29-23(33)20(14-6-8-15(26)9-7-14)31(16-10-12-17(35-4)13-11-16)24(34)21-18(27)19(22(28)32)30-36-21/h6-13,20H,5,27H2,1-4H3,(H2,28,32)(H,29,33). The number of carbonyl (C=O) groups is 3. The van der Waals surface area contributed by atoms with Crippen LogP contribution in [0.15, 0.2) is 48.5 Å². The van der Waals surface area contributed by atoms with Crippen LogP contribution in [0.2, 0.25) is 0 Å². The molecule has 190 valence electrons. The van der Waals surface area contributed by atoms with Gasteiger partial charge in [-0.3, -0.25) is 19.3 Å². The van der Waals surface area contributed by atoms with Crippen molar-refractivity contribution >= 4 is 40.6 Å². The number of rotatable bonds is 9. The van der Waals surface area contributed by atoms with Crippen molar-refractivity contribution in [3.8, 4) is 5.75 Å². The van der Waals surface area contributed by atoms with Gasteiger partial charge in [0, 0.05) is 11.2 Å². The normalized spacial score (nSPS) is 12.0. The van der Waals surface area contributed by atoms with Crippen LogP contribution in [0.5, 0.6) is 5.75 Å². The number of carbonyl (C=O) groups excluding carboxylic acids is 3. The van der Waals surface area contributed by atoms with Gasteiger partial charge in [0.25, 0.3) is 11.8 Å². The maximum Gasteiger partial charge on any atom is 0.273 e. The Kier molecular flexibility index (Phi) is 7.93. The van der Waals surface area contributed by atoms with Crippen molar-refractivity contribution in [2.24, 2.45) is 5.73 Å². The smallest absolute Gasteiger partial charge is 0.273 e. The molecule has 0 saturated carbocycles. The third-order valence-electron chi connectivity index (χ3n) is 5.76. The molecule has 0 spiro atoms. The van der Waals surface area contributed by atoms with E-state index in [1.807, 2.05) is 20.8 Å². The average Bonchev–Trinajstić information content (AvgIpc) is 3.24. The second-order valence-electron chi connectivity index (χ2n) is 8.69. The van der Waals surface area contributed by atoms with Gasteiger partial charge >= 0.3 is 0 Å². The van der Waals surface area contributed by atoms with Crippen molar-refractivity contribution < 1.29 is 23.5 Å². The summed E-state index contributed by atoms with van der Waals surface area (Å²) in [5.74, 6) is -2.00. The minimum Gasteiger partial charge on any atom is -0.497 e. The highest BCUT2D eigenvalue weighted by molar-refractivity contribution is 7.09. The summed E-state index contributed by atoms with van der Waals surface area (Å²) in [4.78, 5) is 40.6. The number of hydrogen-bond donors (Lipinski definition) is 3. The van der Waals surface area contributed by atoms with Gasteiger partial charge in [-0.15, -0.1) is 0 Å². The third kappa shape index (κ3) is 5.62. The van der Waals surface area contributed by atoms with Crippen molar-refractivity contribution in [1.29, 1.82) is 0 Å². The molecule has 3 aromatic rings. The molecule has 9 nitrogen and oxygen atoms in total. The Morgan fingerprint density at radius 2 is 1.75 bits per heavy atom. The van der Waals surface area contributed by atoms with Crippen molar-refractivity contribution in [2.45, 2.75) is 38.8 Å². The molecule has 3 amide bonds. The Bertz CT molecular complexity index is 1260. The summed E-state index contributed by atoms with van der Waals surface area (Å²) in [5.41, 5.74) is 11.1. The molecule has 0 aliphatic heterocycles. The number of nitrogens with two attached hydrogens (primary N) is 2. The fourth-order valence-electron chi connectivity index (χ4n) is 3.42. The molecule has 1 heterocycles. The van der Waals surface area contributed by atoms with E-state index in [1.54, 1.807) is 24.3 Å². The van der Waals surface area contributed by atoms with Gasteiger partial charge in [-0.2, -0.15) is 4.37 Å². The lowest BCUT2D eigenvalue weighted by Crippen LogP contribution is -2.50. The monoisotopic (exact) mass is 513 g/mol. The molecule has 36 heavy (non-hydrogen) atoms.